The topological polar surface area (TPSA) is 231 Å². The van der Waals surface area contributed by atoms with Crippen molar-refractivity contribution in [1.82, 2.24) is 0 Å². The second-order valence-electron chi connectivity index (χ2n) is 24.7. The zero-order valence-electron chi connectivity index (χ0n) is 52.5. The van der Waals surface area contributed by atoms with Gasteiger partial charge in [-0.1, -0.05) is 296 Å². The van der Waals surface area contributed by atoms with Crippen molar-refractivity contribution in [3.05, 3.63) is 0 Å². The number of ether oxygens (including phenoxy) is 6. The molecule has 7 N–H and O–H groups in total. The fraction of sp³-hybridized carbons (Fsp3) is 0.970. The first-order chi connectivity index (χ1) is 40.0. The van der Waals surface area contributed by atoms with Crippen molar-refractivity contribution in [3.63, 3.8) is 0 Å². The van der Waals surface area contributed by atoms with E-state index in [1.165, 1.54) is 244 Å². The number of hydrogen-bond donors (Lipinski definition) is 7. The smallest absolute Gasteiger partial charge is 0.306 e. The van der Waals surface area contributed by atoms with Crippen LogP contribution in [0.3, 0.4) is 0 Å². The zero-order valence-corrected chi connectivity index (χ0v) is 52.5. The number of rotatable bonds is 58. The summed E-state index contributed by atoms with van der Waals surface area (Å²) in [6.07, 6.45) is 42.7. The van der Waals surface area contributed by atoms with Crippen LogP contribution in [0.5, 0.6) is 0 Å². The highest BCUT2D eigenvalue weighted by Crippen LogP contribution is 2.27. The molecule has 82 heavy (non-hydrogen) atoms. The molecule has 0 aliphatic carbocycles. The van der Waals surface area contributed by atoms with E-state index in [-0.39, 0.29) is 26.1 Å². The van der Waals surface area contributed by atoms with Gasteiger partial charge in [0, 0.05) is 12.8 Å². The van der Waals surface area contributed by atoms with E-state index < -0.39 is 92.7 Å². The molecule has 2 saturated heterocycles. The Hall–Kier alpha value is -1.50. The predicted molar refractivity (Wildman–Crippen MR) is 326 cm³/mol. The summed E-state index contributed by atoms with van der Waals surface area (Å²) < 4.78 is 33.9. The molecule has 2 fully saturated rings. The first-order valence-electron chi connectivity index (χ1n) is 34.6. The standard InChI is InChI=1S/C67H128O15/c1-3-5-7-9-11-13-15-17-19-21-23-25-27-29-31-33-35-37-39-41-43-45-47-49-58(69)77-52-55(53-78-66-65(76)63(74)61(72)57(82-66)54-79-67-64(75)62(73)60(71)56(51-68)81-67)80-59(70)50-48-46-44-42-40-38-36-34-32-30-28-26-24-22-20-18-16-14-12-10-8-6-4-2/h55-57,60-68,71-76H,3-54H2,1-2H3/t55-,56+,57+,60-,61-,62?,63?,64?,65?,66+,67+/m0/s1. The van der Waals surface area contributed by atoms with Crippen molar-refractivity contribution in [1.29, 1.82) is 0 Å². The van der Waals surface area contributed by atoms with Gasteiger partial charge in [0.1, 0.15) is 55.4 Å². The Morgan fingerprint density at radius 3 is 0.951 bits per heavy atom. The monoisotopic (exact) mass is 1170 g/mol. The van der Waals surface area contributed by atoms with Crippen LogP contribution in [0.2, 0.25) is 0 Å². The van der Waals surface area contributed by atoms with E-state index >= 15 is 0 Å². The predicted octanol–water partition coefficient (Wildman–Crippen LogP) is 13.8. The van der Waals surface area contributed by atoms with Crippen LogP contribution in [-0.4, -0.2) is 142 Å². The molecule has 0 saturated carbocycles. The van der Waals surface area contributed by atoms with E-state index in [2.05, 4.69) is 13.8 Å². The Bertz CT molecular complexity index is 1420. The number of carbonyl (C=O) groups excluding carboxylic acids is 2. The van der Waals surface area contributed by atoms with Crippen molar-refractivity contribution < 1.29 is 73.8 Å². The molecule has 15 heteroatoms. The molecule has 15 nitrogen and oxygen atoms in total. The molecular formula is C67H128O15. The SMILES string of the molecule is CCCCCCCCCCCCCCCCCCCCCCCCCC(=O)OC[C@@H](CO[C@@H]1O[C@H](CO[C@@H]2O[C@H](CO)[C@H](O)C(O)C2O)[C@H](O)C(O)C1O)OC(=O)CCCCCCCCCCCCCCCCCCCCCCCCC. The van der Waals surface area contributed by atoms with Crippen LogP contribution >= 0.6 is 0 Å². The van der Waals surface area contributed by atoms with Crippen molar-refractivity contribution in [2.24, 2.45) is 0 Å². The van der Waals surface area contributed by atoms with Gasteiger partial charge >= 0.3 is 11.9 Å². The molecule has 486 valence electrons. The third-order valence-electron chi connectivity index (χ3n) is 17.1. The lowest BCUT2D eigenvalue weighted by atomic mass is 9.98. The van der Waals surface area contributed by atoms with Crippen LogP contribution in [0.4, 0.5) is 0 Å². The van der Waals surface area contributed by atoms with Crippen LogP contribution in [0, 0.1) is 0 Å². The van der Waals surface area contributed by atoms with Gasteiger partial charge in [-0.25, -0.2) is 0 Å². The second kappa shape index (κ2) is 53.7. The fourth-order valence-corrected chi connectivity index (χ4v) is 11.5. The fourth-order valence-electron chi connectivity index (χ4n) is 11.5. The van der Waals surface area contributed by atoms with Crippen LogP contribution in [0.1, 0.15) is 322 Å². The van der Waals surface area contributed by atoms with Crippen LogP contribution in [-0.2, 0) is 38.0 Å². The lowest BCUT2D eigenvalue weighted by Gasteiger charge is -2.42. The summed E-state index contributed by atoms with van der Waals surface area (Å²) in [5, 5.41) is 72.5. The largest absolute Gasteiger partial charge is 0.462 e. The van der Waals surface area contributed by atoms with E-state index in [9.17, 15) is 45.3 Å². The Morgan fingerprint density at radius 2 is 0.622 bits per heavy atom. The number of aliphatic hydroxyl groups is 7. The van der Waals surface area contributed by atoms with E-state index in [0.717, 1.165) is 38.5 Å². The molecule has 0 spiro atoms. The molecule has 2 heterocycles. The van der Waals surface area contributed by atoms with Crippen molar-refractivity contribution in [2.45, 2.75) is 390 Å². The highest BCUT2D eigenvalue weighted by Gasteiger charge is 2.47. The number of esters is 2. The summed E-state index contributed by atoms with van der Waals surface area (Å²) in [5.74, 6) is -0.897. The van der Waals surface area contributed by atoms with Crippen LogP contribution in [0.25, 0.3) is 0 Å². The number of unbranched alkanes of at least 4 members (excludes halogenated alkanes) is 44. The molecule has 11 atom stereocenters. The average Bonchev–Trinajstić information content (AvgIpc) is 3.61. The van der Waals surface area contributed by atoms with Crippen molar-refractivity contribution >= 4 is 11.9 Å². The van der Waals surface area contributed by atoms with E-state index in [0.29, 0.717) is 12.8 Å². The van der Waals surface area contributed by atoms with Gasteiger partial charge in [-0.05, 0) is 12.8 Å². The van der Waals surface area contributed by atoms with Gasteiger partial charge in [-0.3, -0.25) is 9.59 Å². The normalized spacial score (nSPS) is 23.3. The highest BCUT2D eigenvalue weighted by atomic mass is 16.7. The van der Waals surface area contributed by atoms with Gasteiger partial charge in [0.25, 0.3) is 0 Å². The molecule has 0 aromatic heterocycles. The van der Waals surface area contributed by atoms with Gasteiger partial charge in [-0.2, -0.15) is 0 Å². The molecule has 0 radical (unpaired) electrons. The minimum Gasteiger partial charge on any atom is -0.462 e. The van der Waals surface area contributed by atoms with E-state index in [1.54, 1.807) is 0 Å². The Morgan fingerprint density at radius 1 is 0.341 bits per heavy atom. The van der Waals surface area contributed by atoms with Crippen molar-refractivity contribution in [3.8, 4) is 0 Å². The maximum Gasteiger partial charge on any atom is 0.306 e. The van der Waals surface area contributed by atoms with E-state index in [4.69, 9.17) is 28.4 Å². The summed E-state index contributed by atoms with van der Waals surface area (Å²) in [6, 6.07) is 0. The maximum atomic E-state index is 13.1. The lowest BCUT2D eigenvalue weighted by Crippen LogP contribution is -2.61. The maximum absolute atomic E-state index is 13.1. The summed E-state index contributed by atoms with van der Waals surface area (Å²) in [6.45, 7) is 2.70. The number of carbonyl (C=O) groups is 2. The minimum absolute atomic E-state index is 0.175. The third kappa shape index (κ3) is 39.3. The summed E-state index contributed by atoms with van der Waals surface area (Å²) in [5.41, 5.74) is 0. The van der Waals surface area contributed by atoms with Gasteiger partial charge in [0.15, 0.2) is 18.7 Å². The Balaban J connectivity index is 1.66. The van der Waals surface area contributed by atoms with E-state index in [1.807, 2.05) is 0 Å². The molecule has 0 amide bonds. The Kier molecular flexibility index (Phi) is 50.2. The molecule has 0 bridgehead atoms. The molecule has 2 aliphatic rings. The number of hydrogen-bond acceptors (Lipinski definition) is 15. The molecule has 0 aromatic carbocycles. The first kappa shape index (κ1) is 76.6. The van der Waals surface area contributed by atoms with Gasteiger partial charge < -0.3 is 64.2 Å². The van der Waals surface area contributed by atoms with Crippen LogP contribution in [0.15, 0.2) is 0 Å². The summed E-state index contributed by atoms with van der Waals surface area (Å²) in [7, 11) is 0. The van der Waals surface area contributed by atoms with Gasteiger partial charge in [0.2, 0.25) is 0 Å². The lowest BCUT2D eigenvalue weighted by molar-refractivity contribution is -0.332. The summed E-state index contributed by atoms with van der Waals surface area (Å²) in [4.78, 5) is 26.0. The molecule has 2 aliphatic heterocycles. The third-order valence-corrected chi connectivity index (χ3v) is 17.1. The molecule has 0 aromatic rings. The molecule has 4 unspecified atom stereocenters. The molecular weight excluding hydrogens is 1040 g/mol. The Labute approximate surface area is 499 Å². The zero-order chi connectivity index (χ0) is 59.5. The quantitative estimate of drug-likeness (QED) is 0.0222. The highest BCUT2D eigenvalue weighted by molar-refractivity contribution is 5.70. The first-order valence-corrected chi connectivity index (χ1v) is 34.6. The summed E-state index contributed by atoms with van der Waals surface area (Å²) >= 11 is 0. The van der Waals surface area contributed by atoms with Gasteiger partial charge in [-0.15, -0.1) is 0 Å². The van der Waals surface area contributed by atoms with Crippen molar-refractivity contribution in [2.75, 3.05) is 26.4 Å². The van der Waals surface area contributed by atoms with Gasteiger partial charge in [0.05, 0.1) is 19.8 Å². The molecule has 2 rings (SSSR count). The number of aliphatic hydroxyl groups excluding tert-OH is 7. The average molecular weight is 1170 g/mol. The second-order valence-corrected chi connectivity index (χ2v) is 24.7. The minimum atomic E-state index is -1.76. The van der Waals surface area contributed by atoms with Crippen LogP contribution < -0.4 is 0 Å².